The average Bonchev–Trinajstić information content (AvgIpc) is 2.15. The third-order valence-electron chi connectivity index (χ3n) is 1.60. The molecule has 8 heteroatoms. The van der Waals surface area contributed by atoms with Crippen molar-refractivity contribution in [3.63, 3.8) is 0 Å². The topological polar surface area (TPSA) is 65.3 Å². The molecular weight excluding hydrogens is 234 g/mol. The molecule has 0 saturated heterocycles. The maximum Gasteiger partial charge on any atom is 0.349 e. The summed E-state index contributed by atoms with van der Waals surface area (Å²) >= 11 is 5.44. The van der Waals surface area contributed by atoms with Crippen LogP contribution in [0.25, 0.3) is 0 Å². The highest BCUT2D eigenvalue weighted by atomic mass is 35.5. The fourth-order valence-electron chi connectivity index (χ4n) is 0.936. The maximum atomic E-state index is 12.3. The van der Waals surface area contributed by atoms with Crippen molar-refractivity contribution < 1.29 is 18.4 Å². The molecule has 15 heavy (non-hydrogen) atoms. The van der Waals surface area contributed by atoms with E-state index in [1.165, 1.54) is 0 Å². The first kappa shape index (κ1) is 11.6. The van der Waals surface area contributed by atoms with Crippen LogP contribution < -0.4 is 4.74 Å². The molecule has 0 aliphatic carbocycles. The van der Waals surface area contributed by atoms with Gasteiger partial charge in [-0.25, -0.2) is 13.8 Å². The van der Waals surface area contributed by atoms with Crippen molar-refractivity contribution in [1.29, 1.82) is 0 Å². The molecule has 0 amide bonds. The van der Waals surface area contributed by atoms with E-state index < -0.39 is 33.5 Å². The number of alkyl halides is 2. The van der Waals surface area contributed by atoms with Crippen LogP contribution in [0.15, 0.2) is 6.20 Å². The molecule has 0 saturated carbocycles. The molecule has 0 bridgehead atoms. The maximum absolute atomic E-state index is 12.3. The Morgan fingerprint density at radius 3 is 2.67 bits per heavy atom. The molecule has 0 radical (unpaired) electrons. The van der Waals surface area contributed by atoms with Crippen molar-refractivity contribution in [2.45, 2.75) is 6.43 Å². The van der Waals surface area contributed by atoms with E-state index in [0.717, 1.165) is 13.3 Å². The largest absolute Gasteiger partial charge is 0.476 e. The zero-order valence-electron chi connectivity index (χ0n) is 7.41. The van der Waals surface area contributed by atoms with Gasteiger partial charge in [-0.1, -0.05) is 11.6 Å². The van der Waals surface area contributed by atoms with Gasteiger partial charge >= 0.3 is 5.69 Å². The molecule has 5 nitrogen and oxygen atoms in total. The van der Waals surface area contributed by atoms with E-state index in [4.69, 9.17) is 11.6 Å². The number of nitro groups is 1. The molecule has 0 N–H and O–H groups in total. The Balaban J connectivity index is 3.42. The first-order valence-corrected chi connectivity index (χ1v) is 4.01. The summed E-state index contributed by atoms with van der Waals surface area (Å²) in [5.41, 5.74) is -1.44. The lowest BCUT2D eigenvalue weighted by Gasteiger charge is -2.05. The van der Waals surface area contributed by atoms with Gasteiger partial charge in [0.15, 0.2) is 0 Å². The Bertz CT molecular complexity index is 400. The van der Waals surface area contributed by atoms with E-state index in [0.29, 0.717) is 0 Å². The Labute approximate surface area is 87.8 Å². The minimum Gasteiger partial charge on any atom is -0.476 e. The molecule has 0 spiro atoms. The monoisotopic (exact) mass is 238 g/mol. The van der Waals surface area contributed by atoms with Gasteiger partial charge in [-0.15, -0.1) is 0 Å². The highest BCUT2D eigenvalue weighted by molar-refractivity contribution is 6.33. The summed E-state index contributed by atoms with van der Waals surface area (Å²) in [7, 11) is 1.13. The SMILES string of the molecule is COc1ncc(C(F)F)c(Cl)c1[N+](=O)[O-]. The van der Waals surface area contributed by atoms with Crippen LogP contribution >= 0.6 is 11.6 Å². The number of methoxy groups -OCH3 is 1. The van der Waals surface area contributed by atoms with Crippen LogP contribution in [0.2, 0.25) is 5.02 Å². The molecule has 0 aliphatic rings. The lowest BCUT2D eigenvalue weighted by molar-refractivity contribution is -0.386. The van der Waals surface area contributed by atoms with Crippen molar-refractivity contribution >= 4 is 17.3 Å². The van der Waals surface area contributed by atoms with Crippen LogP contribution in [-0.2, 0) is 0 Å². The van der Waals surface area contributed by atoms with E-state index in [-0.39, 0.29) is 0 Å². The number of ether oxygens (including phenoxy) is 1. The van der Waals surface area contributed by atoms with E-state index >= 15 is 0 Å². The molecule has 82 valence electrons. The van der Waals surface area contributed by atoms with Crippen LogP contribution in [0.5, 0.6) is 5.88 Å². The summed E-state index contributed by atoms with van der Waals surface area (Å²) in [6.45, 7) is 0. The smallest absolute Gasteiger partial charge is 0.349 e. The molecular formula is C7H5ClF2N2O3. The molecule has 0 fully saturated rings. The predicted molar refractivity (Wildman–Crippen MR) is 47.4 cm³/mol. The summed E-state index contributed by atoms with van der Waals surface area (Å²) in [5, 5.41) is 9.88. The van der Waals surface area contributed by atoms with Gasteiger partial charge in [0.05, 0.1) is 17.6 Å². The van der Waals surface area contributed by atoms with Crippen molar-refractivity contribution in [2.75, 3.05) is 7.11 Å². The summed E-state index contributed by atoms with van der Waals surface area (Å²) < 4.78 is 29.2. The van der Waals surface area contributed by atoms with Crippen LogP contribution in [0.3, 0.4) is 0 Å². The van der Waals surface area contributed by atoms with Gasteiger partial charge < -0.3 is 4.74 Å². The molecule has 1 aromatic heterocycles. The Kier molecular flexibility index (Phi) is 3.35. The average molecular weight is 239 g/mol. The highest BCUT2D eigenvalue weighted by Gasteiger charge is 2.27. The van der Waals surface area contributed by atoms with Gasteiger partial charge in [0, 0.05) is 6.20 Å². The van der Waals surface area contributed by atoms with Gasteiger partial charge in [0.25, 0.3) is 12.3 Å². The van der Waals surface area contributed by atoms with Crippen LogP contribution in [-0.4, -0.2) is 17.0 Å². The summed E-state index contributed by atoms with van der Waals surface area (Å²) in [4.78, 5) is 13.0. The van der Waals surface area contributed by atoms with Crippen LogP contribution in [0.4, 0.5) is 14.5 Å². The fraction of sp³-hybridized carbons (Fsp3) is 0.286. The standard InChI is InChI=1S/C7H5ClF2N2O3/c1-15-7-5(12(13)14)4(8)3(2-11-7)6(9)10/h2,6H,1H3. The minimum atomic E-state index is -2.92. The number of aromatic nitrogens is 1. The van der Waals surface area contributed by atoms with Gasteiger partial charge in [0.2, 0.25) is 0 Å². The predicted octanol–water partition coefficient (Wildman–Crippen LogP) is 2.59. The fourth-order valence-corrected chi connectivity index (χ4v) is 1.22. The Hall–Kier alpha value is -1.50. The lowest BCUT2D eigenvalue weighted by atomic mass is 10.2. The first-order chi connectivity index (χ1) is 6.99. The van der Waals surface area contributed by atoms with Gasteiger partial charge in [-0.3, -0.25) is 10.1 Å². The molecule has 1 heterocycles. The van der Waals surface area contributed by atoms with E-state index in [2.05, 4.69) is 9.72 Å². The highest BCUT2D eigenvalue weighted by Crippen LogP contribution is 2.38. The first-order valence-electron chi connectivity index (χ1n) is 3.64. The van der Waals surface area contributed by atoms with Crippen molar-refractivity contribution in [1.82, 2.24) is 4.98 Å². The van der Waals surface area contributed by atoms with Crippen molar-refractivity contribution in [2.24, 2.45) is 0 Å². The van der Waals surface area contributed by atoms with E-state index in [9.17, 15) is 18.9 Å². The van der Waals surface area contributed by atoms with Crippen molar-refractivity contribution in [3.8, 4) is 5.88 Å². The Morgan fingerprint density at radius 1 is 1.67 bits per heavy atom. The summed E-state index contributed by atoms with van der Waals surface area (Å²) in [6.07, 6.45) is -2.17. The molecule has 1 aromatic rings. The number of pyridine rings is 1. The molecule has 0 aromatic carbocycles. The second-order valence-electron chi connectivity index (χ2n) is 2.44. The molecule has 0 atom stereocenters. The van der Waals surface area contributed by atoms with Crippen molar-refractivity contribution in [3.05, 3.63) is 26.9 Å². The quantitative estimate of drug-likeness (QED) is 0.600. The lowest BCUT2D eigenvalue weighted by Crippen LogP contribution is -2.00. The summed E-state index contributed by atoms with van der Waals surface area (Å²) in [5.74, 6) is -0.394. The third-order valence-corrected chi connectivity index (χ3v) is 1.99. The summed E-state index contributed by atoms with van der Waals surface area (Å²) in [6, 6.07) is 0. The molecule has 0 unspecified atom stereocenters. The third kappa shape index (κ3) is 2.12. The number of rotatable bonds is 3. The Morgan fingerprint density at radius 2 is 2.27 bits per heavy atom. The normalized spacial score (nSPS) is 10.5. The van der Waals surface area contributed by atoms with Crippen LogP contribution in [0, 0.1) is 10.1 Å². The molecule has 0 aliphatic heterocycles. The number of hydrogen-bond acceptors (Lipinski definition) is 4. The zero-order valence-corrected chi connectivity index (χ0v) is 8.16. The molecule has 1 rings (SSSR count). The zero-order chi connectivity index (χ0) is 11.6. The second-order valence-corrected chi connectivity index (χ2v) is 2.82. The second kappa shape index (κ2) is 4.35. The number of hydrogen-bond donors (Lipinski definition) is 0. The van der Waals surface area contributed by atoms with E-state index in [1.54, 1.807) is 0 Å². The van der Waals surface area contributed by atoms with Gasteiger partial charge in [0.1, 0.15) is 5.02 Å². The number of halogens is 3. The minimum absolute atomic E-state index is 0.394. The van der Waals surface area contributed by atoms with Gasteiger partial charge in [-0.05, 0) is 0 Å². The van der Waals surface area contributed by atoms with E-state index in [1.807, 2.05) is 0 Å². The van der Waals surface area contributed by atoms with Crippen LogP contribution in [0.1, 0.15) is 12.0 Å². The van der Waals surface area contributed by atoms with Gasteiger partial charge in [-0.2, -0.15) is 0 Å². The number of nitrogens with zero attached hydrogens (tertiary/aromatic N) is 2.